The number of nitrogens with zero attached hydrogens (tertiary/aromatic N) is 2. The van der Waals surface area contributed by atoms with Crippen LogP contribution in [0.4, 0.5) is 9.18 Å². The van der Waals surface area contributed by atoms with E-state index < -0.39 is 6.09 Å². The van der Waals surface area contributed by atoms with Crippen LogP contribution in [0.5, 0.6) is 0 Å². The molecule has 148 valence electrons. The molecule has 0 unspecified atom stereocenters. The fourth-order valence-corrected chi connectivity index (χ4v) is 3.78. The second-order valence-corrected chi connectivity index (χ2v) is 7.13. The minimum absolute atomic E-state index is 0.209. The van der Waals surface area contributed by atoms with E-state index >= 15 is 0 Å². The van der Waals surface area contributed by atoms with E-state index in [-0.39, 0.29) is 18.3 Å². The molecule has 0 spiro atoms. The predicted octanol–water partition coefficient (Wildman–Crippen LogP) is 3.07. The van der Waals surface area contributed by atoms with Gasteiger partial charge in [0.2, 0.25) is 0 Å². The van der Waals surface area contributed by atoms with Crippen LogP contribution in [0.15, 0.2) is 30.3 Å². The number of benzene rings is 1. The van der Waals surface area contributed by atoms with Gasteiger partial charge in [-0.1, -0.05) is 12.1 Å². The van der Waals surface area contributed by atoms with Gasteiger partial charge < -0.3 is 15.4 Å². The number of rotatable bonds is 7. The van der Waals surface area contributed by atoms with Crippen molar-refractivity contribution in [3.8, 4) is 0 Å². The van der Waals surface area contributed by atoms with Gasteiger partial charge in [-0.15, -0.1) is 11.3 Å². The number of hydrogen-bond donors (Lipinski definition) is 2. The van der Waals surface area contributed by atoms with Crippen LogP contribution in [0, 0.1) is 12.7 Å². The van der Waals surface area contributed by atoms with Crippen LogP contribution < -0.4 is 10.6 Å². The molecular weight excluding hydrogens is 383 g/mol. The van der Waals surface area contributed by atoms with Gasteiger partial charge in [-0.05, 0) is 37.6 Å². The third kappa shape index (κ3) is 4.66. The molecule has 0 fully saturated rings. The maximum Gasteiger partial charge on any atom is 0.407 e. The first-order valence-corrected chi connectivity index (χ1v) is 9.69. The average molecular weight is 404 g/mol. The van der Waals surface area contributed by atoms with Crippen molar-refractivity contribution >= 4 is 33.6 Å². The molecule has 2 heterocycles. The number of aryl methyl sites for hydroxylation is 1. The lowest BCUT2D eigenvalue weighted by atomic mass is 10.2. The van der Waals surface area contributed by atoms with Crippen molar-refractivity contribution in [1.82, 2.24) is 20.4 Å². The zero-order valence-electron chi connectivity index (χ0n) is 15.6. The lowest BCUT2D eigenvalue weighted by Gasteiger charge is -2.06. The molecule has 1 aromatic carbocycles. The standard InChI is InChI=1S/C19H21FN4O3S/c1-3-27-19(26)22-9-8-21-17(25)16-10-15-12(2)23-24(18(15)28-16)11-13-4-6-14(20)7-5-13/h4-7,10H,3,8-9,11H2,1-2H3,(H,21,25)(H,22,26). The molecule has 7 nitrogen and oxygen atoms in total. The molecule has 3 aromatic rings. The molecule has 0 saturated heterocycles. The quantitative estimate of drug-likeness (QED) is 0.593. The molecule has 0 bridgehead atoms. The maximum absolute atomic E-state index is 13.1. The SMILES string of the molecule is CCOC(=O)NCCNC(=O)c1cc2c(C)nn(Cc3ccc(F)cc3)c2s1. The van der Waals surface area contributed by atoms with E-state index in [1.807, 2.05) is 17.7 Å². The Morgan fingerprint density at radius 3 is 2.64 bits per heavy atom. The zero-order valence-corrected chi connectivity index (χ0v) is 16.4. The summed E-state index contributed by atoms with van der Waals surface area (Å²) in [7, 11) is 0. The van der Waals surface area contributed by atoms with Gasteiger partial charge in [0.05, 0.1) is 23.7 Å². The van der Waals surface area contributed by atoms with E-state index in [2.05, 4.69) is 15.7 Å². The van der Waals surface area contributed by atoms with Crippen molar-refractivity contribution in [2.45, 2.75) is 20.4 Å². The fraction of sp³-hybridized carbons (Fsp3) is 0.316. The third-order valence-corrected chi connectivity index (χ3v) is 5.18. The molecule has 9 heteroatoms. The molecule has 0 aliphatic carbocycles. The van der Waals surface area contributed by atoms with Crippen molar-refractivity contribution in [2.75, 3.05) is 19.7 Å². The number of ether oxygens (including phenoxy) is 1. The topological polar surface area (TPSA) is 85.2 Å². The van der Waals surface area contributed by atoms with Gasteiger partial charge >= 0.3 is 6.09 Å². The Kier molecular flexibility index (Phi) is 6.25. The molecular formula is C19H21FN4O3S. The van der Waals surface area contributed by atoms with E-state index in [0.717, 1.165) is 21.5 Å². The number of hydrogen-bond acceptors (Lipinski definition) is 5. The zero-order chi connectivity index (χ0) is 20.1. The molecule has 3 rings (SSSR count). The number of aromatic nitrogens is 2. The first-order valence-electron chi connectivity index (χ1n) is 8.88. The molecule has 2 N–H and O–H groups in total. The van der Waals surface area contributed by atoms with Gasteiger partial charge in [0.25, 0.3) is 5.91 Å². The number of amides is 2. The van der Waals surface area contributed by atoms with Gasteiger partial charge in [-0.3, -0.25) is 9.48 Å². The second kappa shape index (κ2) is 8.83. The minimum atomic E-state index is -0.505. The Morgan fingerprint density at radius 2 is 1.93 bits per heavy atom. The summed E-state index contributed by atoms with van der Waals surface area (Å²) in [6, 6.07) is 8.09. The number of carbonyl (C=O) groups is 2. The maximum atomic E-state index is 13.1. The Hall–Kier alpha value is -2.94. The van der Waals surface area contributed by atoms with Crippen molar-refractivity contribution in [3.05, 3.63) is 52.3 Å². The Labute approximate surface area is 165 Å². The Bertz CT molecular complexity index is 981. The van der Waals surface area contributed by atoms with Gasteiger partial charge in [-0.2, -0.15) is 5.10 Å². The van der Waals surface area contributed by atoms with Crippen LogP contribution in [-0.2, 0) is 11.3 Å². The van der Waals surface area contributed by atoms with Crippen molar-refractivity contribution in [3.63, 3.8) is 0 Å². The number of carbonyl (C=O) groups excluding carboxylic acids is 2. The van der Waals surface area contributed by atoms with Crippen LogP contribution in [0.3, 0.4) is 0 Å². The smallest absolute Gasteiger partial charge is 0.407 e. The lowest BCUT2D eigenvalue weighted by molar-refractivity contribution is 0.0956. The molecule has 2 aromatic heterocycles. The van der Waals surface area contributed by atoms with Crippen LogP contribution in [0.25, 0.3) is 10.2 Å². The van der Waals surface area contributed by atoms with Crippen LogP contribution in [0.2, 0.25) is 0 Å². The van der Waals surface area contributed by atoms with Crippen LogP contribution >= 0.6 is 11.3 Å². The number of thiophene rings is 1. The summed E-state index contributed by atoms with van der Waals surface area (Å²) in [6.45, 7) is 4.99. The summed E-state index contributed by atoms with van der Waals surface area (Å²) in [5.74, 6) is -0.488. The summed E-state index contributed by atoms with van der Waals surface area (Å²) >= 11 is 1.35. The van der Waals surface area contributed by atoms with Gasteiger partial charge in [0, 0.05) is 18.5 Å². The number of fused-ring (bicyclic) bond motifs is 1. The molecule has 0 atom stereocenters. The molecule has 0 saturated carbocycles. The minimum Gasteiger partial charge on any atom is -0.450 e. The average Bonchev–Trinajstić information content (AvgIpc) is 3.22. The van der Waals surface area contributed by atoms with Crippen molar-refractivity contribution in [1.29, 1.82) is 0 Å². The highest BCUT2D eigenvalue weighted by Gasteiger charge is 2.16. The van der Waals surface area contributed by atoms with Gasteiger partial charge in [-0.25, -0.2) is 9.18 Å². The molecule has 0 radical (unpaired) electrons. The summed E-state index contributed by atoms with van der Waals surface area (Å²) in [5, 5.41) is 10.8. The lowest BCUT2D eigenvalue weighted by Crippen LogP contribution is -2.34. The highest BCUT2D eigenvalue weighted by atomic mass is 32.1. The van der Waals surface area contributed by atoms with Gasteiger partial charge in [0.1, 0.15) is 10.6 Å². The van der Waals surface area contributed by atoms with Crippen LogP contribution in [-0.4, -0.2) is 41.5 Å². The van der Waals surface area contributed by atoms with Crippen molar-refractivity contribution < 1.29 is 18.7 Å². The monoisotopic (exact) mass is 404 g/mol. The normalized spacial score (nSPS) is 10.8. The molecule has 0 aliphatic rings. The summed E-state index contributed by atoms with van der Waals surface area (Å²) in [4.78, 5) is 25.0. The molecule has 28 heavy (non-hydrogen) atoms. The summed E-state index contributed by atoms with van der Waals surface area (Å²) in [5.41, 5.74) is 1.76. The van der Waals surface area contributed by atoms with Crippen molar-refractivity contribution in [2.24, 2.45) is 0 Å². The second-order valence-electron chi connectivity index (χ2n) is 6.10. The Balaban J connectivity index is 1.65. The highest BCUT2D eigenvalue weighted by Crippen LogP contribution is 2.28. The fourth-order valence-electron chi connectivity index (χ4n) is 2.70. The van der Waals surface area contributed by atoms with E-state index in [4.69, 9.17) is 4.74 Å². The van der Waals surface area contributed by atoms with E-state index in [9.17, 15) is 14.0 Å². The van der Waals surface area contributed by atoms with E-state index in [0.29, 0.717) is 24.6 Å². The molecule has 2 amide bonds. The molecule has 0 aliphatic heterocycles. The summed E-state index contributed by atoms with van der Waals surface area (Å²) in [6.07, 6.45) is -0.505. The third-order valence-electron chi connectivity index (χ3n) is 4.03. The van der Waals surface area contributed by atoms with Crippen LogP contribution in [0.1, 0.15) is 27.9 Å². The van der Waals surface area contributed by atoms with E-state index in [1.165, 1.54) is 23.5 Å². The van der Waals surface area contributed by atoms with E-state index in [1.54, 1.807) is 19.1 Å². The predicted molar refractivity (Wildman–Crippen MR) is 105 cm³/mol. The van der Waals surface area contributed by atoms with Gasteiger partial charge in [0.15, 0.2) is 0 Å². The Morgan fingerprint density at radius 1 is 1.21 bits per heavy atom. The number of halogens is 1. The largest absolute Gasteiger partial charge is 0.450 e. The number of alkyl carbamates (subject to hydrolysis) is 1. The first kappa shape index (κ1) is 19.8. The first-order chi connectivity index (χ1) is 13.5. The number of nitrogens with one attached hydrogen (secondary N) is 2. The summed E-state index contributed by atoms with van der Waals surface area (Å²) < 4.78 is 19.7. The highest BCUT2D eigenvalue weighted by molar-refractivity contribution is 7.20.